The maximum atomic E-state index is 14.8. The Morgan fingerprint density at radius 2 is 1.92 bits per heavy atom. The minimum Gasteiger partial charge on any atom is -0.472 e. The highest BCUT2D eigenvalue weighted by molar-refractivity contribution is 7.90. The Bertz CT molecular complexity index is 1920. The van der Waals surface area contributed by atoms with E-state index in [-0.39, 0.29) is 43.7 Å². The Kier molecular flexibility index (Phi) is 10.8. The van der Waals surface area contributed by atoms with Crippen molar-refractivity contribution >= 4 is 50.5 Å². The van der Waals surface area contributed by atoms with E-state index < -0.39 is 62.0 Å². The number of carbonyl (C=O) groups is 4. The van der Waals surface area contributed by atoms with Crippen LogP contribution in [0.15, 0.2) is 49.2 Å². The van der Waals surface area contributed by atoms with E-state index in [2.05, 4.69) is 33.8 Å². The van der Waals surface area contributed by atoms with Gasteiger partial charge in [0, 0.05) is 37.0 Å². The first-order valence-electron chi connectivity index (χ1n) is 18.8. The summed E-state index contributed by atoms with van der Waals surface area (Å²) in [4.78, 5) is 64.4. The number of Topliss-reactive ketones (excluding diaryl/α,β-unsaturated/α-hetero) is 1. The molecule has 1 aromatic carbocycles. The molecule has 286 valence electrons. The summed E-state index contributed by atoms with van der Waals surface area (Å²) >= 11 is 0. The Labute approximate surface area is 312 Å². The van der Waals surface area contributed by atoms with E-state index in [0.29, 0.717) is 25.3 Å². The third-order valence-electron chi connectivity index (χ3n) is 11.1. The number of nitrogens with zero attached hydrogens (tertiary/aromatic N) is 3. The van der Waals surface area contributed by atoms with Gasteiger partial charge in [-0.25, -0.2) is 18.2 Å². The number of hydrogen-bond donors (Lipinski definition) is 2. The maximum Gasteiger partial charge on any atom is 0.318 e. The van der Waals surface area contributed by atoms with Crippen molar-refractivity contribution < 1.29 is 32.3 Å². The summed E-state index contributed by atoms with van der Waals surface area (Å²) in [7, 11) is -3.85. The second-order valence-corrected chi connectivity index (χ2v) is 18.5. The molecule has 12 nitrogen and oxygen atoms in total. The van der Waals surface area contributed by atoms with Crippen molar-refractivity contribution in [1.29, 1.82) is 0 Å². The first kappa shape index (κ1) is 38.5. The number of carbonyl (C=O) groups excluding carboxylic acids is 4. The largest absolute Gasteiger partial charge is 0.472 e. The number of rotatable bonds is 8. The molecule has 0 radical (unpaired) electrons. The van der Waals surface area contributed by atoms with Crippen LogP contribution >= 0.6 is 0 Å². The number of hydrogen-bond acceptors (Lipinski definition) is 8. The summed E-state index contributed by atoms with van der Waals surface area (Å²) in [5.41, 5.74) is -1.04. The Balaban J connectivity index is 1.36. The van der Waals surface area contributed by atoms with Gasteiger partial charge in [-0.3, -0.25) is 19.1 Å². The fourth-order valence-corrected chi connectivity index (χ4v) is 9.02. The zero-order chi connectivity index (χ0) is 38.3. The first-order valence-corrected chi connectivity index (χ1v) is 20.4. The van der Waals surface area contributed by atoms with E-state index in [1.807, 2.05) is 58.9 Å². The number of allylic oxidation sites excluding steroid dienone is 2. The van der Waals surface area contributed by atoms with Crippen molar-refractivity contribution in [3.8, 4) is 5.88 Å². The molecule has 4 amide bonds. The number of benzene rings is 1. The molecule has 3 heterocycles. The van der Waals surface area contributed by atoms with Gasteiger partial charge in [-0.05, 0) is 86.8 Å². The molecule has 0 spiro atoms. The van der Waals surface area contributed by atoms with E-state index >= 15 is 0 Å². The highest BCUT2D eigenvalue weighted by atomic mass is 32.2. The van der Waals surface area contributed by atoms with Crippen LogP contribution in [0.3, 0.4) is 0 Å². The highest BCUT2D eigenvalue weighted by Crippen LogP contribution is 2.57. The van der Waals surface area contributed by atoms with E-state index in [9.17, 15) is 27.6 Å². The fraction of sp³-hybridized carbons (Fsp3) is 0.575. The van der Waals surface area contributed by atoms with Crippen molar-refractivity contribution in [2.24, 2.45) is 16.7 Å². The van der Waals surface area contributed by atoms with Crippen LogP contribution in [0, 0.1) is 16.7 Å². The molecule has 2 aliphatic heterocycles. The summed E-state index contributed by atoms with van der Waals surface area (Å²) in [5, 5.41) is 4.15. The number of fused-ring (bicyclic) bond motifs is 3. The number of ether oxygens (including phenoxy) is 1. The molecule has 1 aromatic heterocycles. The minimum atomic E-state index is -3.85. The third kappa shape index (κ3) is 8.29. The van der Waals surface area contributed by atoms with Gasteiger partial charge in [0.1, 0.15) is 12.1 Å². The van der Waals surface area contributed by atoms with Crippen LogP contribution in [-0.2, 0) is 24.4 Å². The van der Waals surface area contributed by atoms with Gasteiger partial charge in [-0.15, -0.1) is 6.58 Å². The number of sulfonamides is 1. The van der Waals surface area contributed by atoms with Gasteiger partial charge in [0.05, 0.1) is 23.3 Å². The van der Waals surface area contributed by atoms with E-state index in [0.717, 1.165) is 35.6 Å². The molecule has 4 bridgehead atoms. The molecule has 2 N–H and O–H groups in total. The summed E-state index contributed by atoms with van der Waals surface area (Å²) in [6, 6.07) is 5.50. The van der Waals surface area contributed by atoms with Crippen molar-refractivity contribution in [2.75, 3.05) is 13.1 Å². The number of pyridine rings is 1. The van der Waals surface area contributed by atoms with Crippen LogP contribution in [0.5, 0.6) is 5.88 Å². The predicted octanol–water partition coefficient (Wildman–Crippen LogP) is 5.37. The lowest BCUT2D eigenvalue weighted by atomic mass is 9.85. The van der Waals surface area contributed by atoms with E-state index in [4.69, 9.17) is 4.74 Å². The standard InChI is InChI=1S/C40H53N5O7S/c1-7-28-22-40(28,37(48)43-53(50,51)30-15-16-30)23-33(46)32-21-29-24-45(32)36(47)34(39(4,5)6)42-38(49)44(25(2)3)19-11-9-8-10-12-26-13-14-27-17-18-41-35(52-29)31(27)20-26/h7,10,12-14,17-18,20,25,28-30,32,34H,1,8-9,11,15-16,19,21-24H2,2-6H3,(H,42,49)(H,43,48)/b12-10+/t28-,29+,32-,34+,40+/m0/s1. The predicted molar refractivity (Wildman–Crippen MR) is 203 cm³/mol. The zero-order valence-electron chi connectivity index (χ0n) is 31.5. The summed E-state index contributed by atoms with van der Waals surface area (Å²) in [5.74, 6) is -1.53. The Hall–Kier alpha value is -4.26. The van der Waals surface area contributed by atoms with Gasteiger partial charge >= 0.3 is 6.03 Å². The van der Waals surface area contributed by atoms with Crippen molar-refractivity contribution in [2.45, 2.75) is 115 Å². The molecule has 1 saturated heterocycles. The van der Waals surface area contributed by atoms with Gasteiger partial charge in [-0.2, -0.15) is 0 Å². The molecular weight excluding hydrogens is 695 g/mol. The maximum absolute atomic E-state index is 14.8. The van der Waals surface area contributed by atoms with Gasteiger partial charge in [0.2, 0.25) is 27.7 Å². The molecular formula is C40H53N5O7S. The average Bonchev–Trinajstić information content (AvgIpc) is 4.02. The number of amides is 4. The van der Waals surface area contributed by atoms with Gasteiger partial charge in [-0.1, -0.05) is 51.1 Å². The third-order valence-corrected chi connectivity index (χ3v) is 12.9. The lowest BCUT2D eigenvalue weighted by Crippen LogP contribution is -2.59. The Morgan fingerprint density at radius 3 is 2.58 bits per heavy atom. The van der Waals surface area contributed by atoms with Crippen LogP contribution in [0.1, 0.15) is 91.5 Å². The molecule has 6 rings (SSSR count). The topological polar surface area (TPSA) is 155 Å². The molecule has 3 fully saturated rings. The molecule has 4 aliphatic rings. The zero-order valence-corrected chi connectivity index (χ0v) is 32.3. The van der Waals surface area contributed by atoms with Crippen LogP contribution in [-0.4, -0.2) is 89.4 Å². The monoisotopic (exact) mass is 747 g/mol. The highest BCUT2D eigenvalue weighted by Gasteiger charge is 2.61. The quantitative estimate of drug-likeness (QED) is 0.342. The first-order chi connectivity index (χ1) is 25.0. The number of aromatic nitrogens is 1. The number of urea groups is 1. The van der Waals surface area contributed by atoms with Gasteiger partial charge < -0.3 is 19.9 Å². The molecule has 5 atom stereocenters. The summed E-state index contributed by atoms with van der Waals surface area (Å²) in [6.07, 6.45) is 10.4. The van der Waals surface area contributed by atoms with Crippen LogP contribution < -0.4 is 14.8 Å². The fourth-order valence-electron chi connectivity index (χ4n) is 7.63. The molecule has 2 aromatic rings. The van der Waals surface area contributed by atoms with Crippen LogP contribution in [0.25, 0.3) is 16.8 Å². The summed E-state index contributed by atoms with van der Waals surface area (Å²) < 4.78 is 34.3. The Morgan fingerprint density at radius 1 is 1.17 bits per heavy atom. The van der Waals surface area contributed by atoms with Crippen molar-refractivity contribution in [1.82, 2.24) is 24.8 Å². The lowest BCUT2D eigenvalue weighted by molar-refractivity contribution is -0.142. The van der Waals surface area contributed by atoms with Crippen LogP contribution in [0.2, 0.25) is 0 Å². The van der Waals surface area contributed by atoms with E-state index in [1.165, 1.54) is 4.90 Å². The average molecular weight is 748 g/mol. The second kappa shape index (κ2) is 14.9. The smallest absolute Gasteiger partial charge is 0.318 e. The molecule has 53 heavy (non-hydrogen) atoms. The summed E-state index contributed by atoms with van der Waals surface area (Å²) in [6.45, 7) is 13.9. The molecule has 2 aliphatic carbocycles. The number of ketones is 1. The number of nitrogens with one attached hydrogen (secondary N) is 2. The second-order valence-electron chi connectivity index (χ2n) is 16.5. The SMILES string of the molecule is C=C[C@H]1C[C@]1(CC(=O)[C@@H]1C[C@@H]2CN1C(=O)[C@H](C(C)(C)C)NC(=O)N(C(C)C)CCCC/C=C/c1ccc3ccnc(c3c1)O2)C(=O)NS(=O)(=O)C1CC1. The lowest BCUT2D eigenvalue weighted by Gasteiger charge is -2.37. The normalized spacial score (nSPS) is 27.7. The molecule has 13 heteroatoms. The molecule has 2 saturated carbocycles. The van der Waals surface area contributed by atoms with Gasteiger partial charge in [0.15, 0.2) is 5.78 Å². The van der Waals surface area contributed by atoms with Crippen molar-refractivity contribution in [3.63, 3.8) is 0 Å². The van der Waals surface area contributed by atoms with E-state index in [1.54, 1.807) is 17.2 Å². The minimum absolute atomic E-state index is 0.0450. The molecule has 0 unspecified atom stereocenters. The van der Waals surface area contributed by atoms with Crippen LogP contribution in [0.4, 0.5) is 4.79 Å². The van der Waals surface area contributed by atoms with Gasteiger partial charge in [0.25, 0.3) is 0 Å². The van der Waals surface area contributed by atoms with Crippen molar-refractivity contribution in [3.05, 3.63) is 54.8 Å².